The Labute approximate surface area is 145 Å². The Kier molecular flexibility index (Phi) is 6.43. The van der Waals surface area contributed by atoms with E-state index in [1.54, 1.807) is 24.8 Å². The molecule has 1 N–H and O–H groups in total. The van der Waals surface area contributed by atoms with Crippen molar-refractivity contribution in [2.45, 2.75) is 26.0 Å². The molecule has 1 aromatic carbocycles. The fourth-order valence-corrected chi connectivity index (χ4v) is 2.87. The number of rotatable bonds is 7. The van der Waals surface area contributed by atoms with Gasteiger partial charge in [-0.3, -0.25) is 9.59 Å². The molecule has 0 spiro atoms. The van der Waals surface area contributed by atoms with Crippen molar-refractivity contribution in [3.8, 4) is 0 Å². The van der Waals surface area contributed by atoms with Crippen LogP contribution in [0, 0.1) is 6.92 Å². The SMILES string of the molecule is CCN(C(=O)CSC(C)C(=O)Nc1cc(C)on1)c1ccccc1. The lowest BCUT2D eigenvalue weighted by Crippen LogP contribution is -2.33. The van der Waals surface area contributed by atoms with Gasteiger partial charge in [0.05, 0.1) is 11.0 Å². The third kappa shape index (κ3) is 4.86. The standard InChI is InChI=1S/C17H21N3O3S/c1-4-20(14-8-6-5-7-9-14)16(21)11-24-13(3)17(22)18-15-10-12(2)23-19-15/h5-10,13H,4,11H2,1-3H3,(H,18,19,22). The monoisotopic (exact) mass is 347 g/mol. The fraction of sp³-hybridized carbons (Fsp3) is 0.353. The average molecular weight is 347 g/mol. The summed E-state index contributed by atoms with van der Waals surface area (Å²) in [6, 6.07) is 11.1. The molecule has 0 aliphatic heterocycles. The molecule has 0 aliphatic rings. The van der Waals surface area contributed by atoms with Gasteiger partial charge >= 0.3 is 0 Å². The molecule has 0 fully saturated rings. The first-order valence-electron chi connectivity index (χ1n) is 7.72. The van der Waals surface area contributed by atoms with Crippen LogP contribution in [0.15, 0.2) is 40.9 Å². The number of aryl methyl sites for hydroxylation is 1. The molecule has 0 bridgehead atoms. The number of aromatic nitrogens is 1. The molecule has 0 radical (unpaired) electrons. The van der Waals surface area contributed by atoms with Crippen LogP contribution in [-0.4, -0.2) is 34.5 Å². The Morgan fingerprint density at radius 3 is 2.62 bits per heavy atom. The molecule has 128 valence electrons. The lowest BCUT2D eigenvalue weighted by Gasteiger charge is -2.21. The zero-order chi connectivity index (χ0) is 17.5. The molecule has 0 aliphatic carbocycles. The second-order valence-electron chi connectivity index (χ2n) is 5.24. The first-order chi connectivity index (χ1) is 11.5. The molecule has 1 heterocycles. The number of para-hydroxylation sites is 1. The van der Waals surface area contributed by atoms with Gasteiger partial charge in [0.1, 0.15) is 5.76 Å². The summed E-state index contributed by atoms with van der Waals surface area (Å²) in [6.07, 6.45) is 0. The minimum Gasteiger partial charge on any atom is -0.360 e. The molecular weight excluding hydrogens is 326 g/mol. The summed E-state index contributed by atoms with van der Waals surface area (Å²) in [7, 11) is 0. The highest BCUT2D eigenvalue weighted by Crippen LogP contribution is 2.18. The van der Waals surface area contributed by atoms with Crippen LogP contribution in [0.3, 0.4) is 0 Å². The maximum Gasteiger partial charge on any atom is 0.238 e. The third-order valence-electron chi connectivity index (χ3n) is 3.39. The van der Waals surface area contributed by atoms with Crippen molar-refractivity contribution in [1.29, 1.82) is 0 Å². The molecule has 2 rings (SSSR count). The molecule has 1 aromatic heterocycles. The zero-order valence-corrected chi connectivity index (χ0v) is 14.8. The Hall–Kier alpha value is -2.28. The molecule has 24 heavy (non-hydrogen) atoms. The van der Waals surface area contributed by atoms with E-state index in [1.165, 1.54) is 11.8 Å². The van der Waals surface area contributed by atoms with Crippen molar-refractivity contribution in [3.63, 3.8) is 0 Å². The van der Waals surface area contributed by atoms with Gasteiger partial charge in [-0.1, -0.05) is 23.4 Å². The number of benzene rings is 1. The summed E-state index contributed by atoms with van der Waals surface area (Å²) in [5.41, 5.74) is 0.862. The van der Waals surface area contributed by atoms with E-state index in [4.69, 9.17) is 4.52 Å². The molecule has 0 saturated heterocycles. The van der Waals surface area contributed by atoms with Gasteiger partial charge in [0.2, 0.25) is 11.8 Å². The van der Waals surface area contributed by atoms with Crippen molar-refractivity contribution in [1.82, 2.24) is 5.16 Å². The number of hydrogen-bond donors (Lipinski definition) is 1. The van der Waals surface area contributed by atoms with Crippen molar-refractivity contribution < 1.29 is 14.1 Å². The summed E-state index contributed by atoms with van der Waals surface area (Å²) < 4.78 is 4.91. The number of carbonyl (C=O) groups is 2. The highest BCUT2D eigenvalue weighted by Gasteiger charge is 2.19. The molecule has 1 unspecified atom stereocenters. The summed E-state index contributed by atoms with van der Waals surface area (Å²) in [5, 5.41) is 6.02. The van der Waals surface area contributed by atoms with E-state index in [2.05, 4.69) is 10.5 Å². The van der Waals surface area contributed by atoms with Gasteiger partial charge < -0.3 is 14.7 Å². The number of thioether (sulfide) groups is 1. The number of carbonyl (C=O) groups excluding carboxylic acids is 2. The molecule has 2 amide bonds. The molecule has 0 saturated carbocycles. The molecular formula is C17H21N3O3S. The normalized spacial score (nSPS) is 11.8. The third-order valence-corrected chi connectivity index (χ3v) is 4.52. The highest BCUT2D eigenvalue weighted by atomic mass is 32.2. The van der Waals surface area contributed by atoms with Crippen molar-refractivity contribution in [3.05, 3.63) is 42.2 Å². The van der Waals surface area contributed by atoms with Crippen LogP contribution in [0.2, 0.25) is 0 Å². The second kappa shape index (κ2) is 8.54. The van der Waals surface area contributed by atoms with Crippen LogP contribution < -0.4 is 10.2 Å². The number of nitrogens with one attached hydrogen (secondary N) is 1. The maximum absolute atomic E-state index is 12.4. The quantitative estimate of drug-likeness (QED) is 0.833. The summed E-state index contributed by atoms with van der Waals surface area (Å²) >= 11 is 1.30. The van der Waals surface area contributed by atoms with E-state index in [0.717, 1.165) is 5.69 Å². The summed E-state index contributed by atoms with van der Waals surface area (Å²) in [4.78, 5) is 26.2. The molecule has 2 aromatic rings. The largest absolute Gasteiger partial charge is 0.360 e. The fourth-order valence-electron chi connectivity index (χ4n) is 2.11. The van der Waals surface area contributed by atoms with Gasteiger partial charge in [0, 0.05) is 18.3 Å². The van der Waals surface area contributed by atoms with Crippen LogP contribution in [0.1, 0.15) is 19.6 Å². The van der Waals surface area contributed by atoms with E-state index in [9.17, 15) is 9.59 Å². The van der Waals surface area contributed by atoms with Crippen molar-refractivity contribution >= 4 is 35.1 Å². The number of amides is 2. The van der Waals surface area contributed by atoms with E-state index in [0.29, 0.717) is 18.1 Å². The molecule has 7 heteroatoms. The van der Waals surface area contributed by atoms with Gasteiger partial charge in [-0.2, -0.15) is 0 Å². The first-order valence-corrected chi connectivity index (χ1v) is 8.77. The summed E-state index contributed by atoms with van der Waals surface area (Å²) in [6.45, 7) is 6.03. The number of anilines is 2. The minimum atomic E-state index is -0.375. The smallest absolute Gasteiger partial charge is 0.238 e. The predicted octanol–water partition coefficient (Wildman–Crippen LogP) is 3.10. The zero-order valence-electron chi connectivity index (χ0n) is 14.0. The Morgan fingerprint density at radius 1 is 1.33 bits per heavy atom. The van der Waals surface area contributed by atoms with Crippen molar-refractivity contribution in [2.75, 3.05) is 22.5 Å². The van der Waals surface area contributed by atoms with E-state index in [-0.39, 0.29) is 22.8 Å². The number of nitrogens with zero attached hydrogens (tertiary/aromatic N) is 2. The van der Waals surface area contributed by atoms with E-state index in [1.807, 2.05) is 37.3 Å². The first kappa shape index (κ1) is 18.1. The Bertz CT molecular complexity index is 687. The summed E-state index contributed by atoms with van der Waals surface area (Å²) in [5.74, 6) is 1.02. The van der Waals surface area contributed by atoms with Gasteiger partial charge in [-0.15, -0.1) is 11.8 Å². The van der Waals surface area contributed by atoms with Gasteiger partial charge in [0.25, 0.3) is 0 Å². The number of hydrogen-bond acceptors (Lipinski definition) is 5. The van der Waals surface area contributed by atoms with Crippen LogP contribution >= 0.6 is 11.8 Å². The Balaban J connectivity index is 1.86. The average Bonchev–Trinajstić information content (AvgIpc) is 2.99. The second-order valence-corrected chi connectivity index (χ2v) is 6.57. The van der Waals surface area contributed by atoms with Crippen LogP contribution in [0.25, 0.3) is 0 Å². The van der Waals surface area contributed by atoms with Crippen molar-refractivity contribution in [2.24, 2.45) is 0 Å². The lowest BCUT2D eigenvalue weighted by atomic mass is 10.3. The van der Waals surface area contributed by atoms with Gasteiger partial charge in [-0.25, -0.2) is 0 Å². The van der Waals surface area contributed by atoms with Crippen LogP contribution in [0.5, 0.6) is 0 Å². The Morgan fingerprint density at radius 2 is 2.04 bits per heavy atom. The van der Waals surface area contributed by atoms with E-state index >= 15 is 0 Å². The van der Waals surface area contributed by atoms with Gasteiger partial charge in [-0.05, 0) is 32.9 Å². The highest BCUT2D eigenvalue weighted by molar-refractivity contribution is 8.01. The minimum absolute atomic E-state index is 0.0226. The topological polar surface area (TPSA) is 75.4 Å². The maximum atomic E-state index is 12.4. The molecule has 6 nitrogen and oxygen atoms in total. The van der Waals surface area contributed by atoms with Crippen LogP contribution in [0.4, 0.5) is 11.5 Å². The predicted molar refractivity (Wildman–Crippen MR) is 96.3 cm³/mol. The lowest BCUT2D eigenvalue weighted by molar-refractivity contribution is -0.116. The van der Waals surface area contributed by atoms with Gasteiger partial charge in [0.15, 0.2) is 5.82 Å². The van der Waals surface area contributed by atoms with Crippen LogP contribution in [-0.2, 0) is 9.59 Å². The molecule has 1 atom stereocenters. The van der Waals surface area contributed by atoms with E-state index < -0.39 is 0 Å².